The van der Waals surface area contributed by atoms with Gasteiger partial charge in [0.15, 0.2) is 0 Å². The SMILES string of the molecule is CCNC(C#N)(CC)CCCN1C[C@@H](C)O[C@@H](C)C1. The summed E-state index contributed by atoms with van der Waals surface area (Å²) in [6.07, 6.45) is 3.50. The van der Waals surface area contributed by atoms with Gasteiger partial charge in [0.1, 0.15) is 5.54 Å². The van der Waals surface area contributed by atoms with Crippen LogP contribution >= 0.6 is 0 Å². The van der Waals surface area contributed by atoms with Gasteiger partial charge in [-0.3, -0.25) is 10.2 Å². The molecule has 1 fully saturated rings. The van der Waals surface area contributed by atoms with Crippen LogP contribution in [0, 0.1) is 11.3 Å². The first-order chi connectivity index (χ1) is 9.05. The molecule has 0 radical (unpaired) electrons. The van der Waals surface area contributed by atoms with E-state index in [1.165, 1.54) is 0 Å². The van der Waals surface area contributed by atoms with Crippen molar-refractivity contribution in [3.63, 3.8) is 0 Å². The summed E-state index contributed by atoms with van der Waals surface area (Å²) in [6.45, 7) is 12.4. The van der Waals surface area contributed by atoms with Crippen molar-refractivity contribution >= 4 is 0 Å². The lowest BCUT2D eigenvalue weighted by Crippen LogP contribution is -2.47. The second-order valence-corrected chi connectivity index (χ2v) is 5.70. The molecule has 0 spiro atoms. The average molecular weight is 267 g/mol. The van der Waals surface area contributed by atoms with Crippen LogP contribution in [0.3, 0.4) is 0 Å². The maximum Gasteiger partial charge on any atom is 0.106 e. The molecule has 1 unspecified atom stereocenters. The van der Waals surface area contributed by atoms with Crippen molar-refractivity contribution in [3.8, 4) is 6.07 Å². The largest absolute Gasteiger partial charge is 0.373 e. The highest BCUT2D eigenvalue weighted by atomic mass is 16.5. The van der Waals surface area contributed by atoms with Crippen molar-refractivity contribution < 1.29 is 4.74 Å². The van der Waals surface area contributed by atoms with Crippen LogP contribution < -0.4 is 5.32 Å². The monoisotopic (exact) mass is 267 g/mol. The minimum atomic E-state index is -0.335. The molecule has 0 aromatic carbocycles. The molecule has 110 valence electrons. The van der Waals surface area contributed by atoms with E-state index in [0.717, 1.165) is 45.4 Å². The second-order valence-electron chi connectivity index (χ2n) is 5.70. The van der Waals surface area contributed by atoms with E-state index in [0.29, 0.717) is 12.2 Å². The molecule has 1 N–H and O–H groups in total. The Morgan fingerprint density at radius 1 is 1.32 bits per heavy atom. The first-order valence-electron chi connectivity index (χ1n) is 7.59. The van der Waals surface area contributed by atoms with Gasteiger partial charge in [0.2, 0.25) is 0 Å². The minimum absolute atomic E-state index is 0.324. The summed E-state index contributed by atoms with van der Waals surface area (Å²) in [4.78, 5) is 2.46. The molecule has 0 aromatic heterocycles. The van der Waals surface area contributed by atoms with Gasteiger partial charge in [-0.25, -0.2) is 0 Å². The fraction of sp³-hybridized carbons (Fsp3) is 0.933. The fourth-order valence-electron chi connectivity index (χ4n) is 2.97. The van der Waals surface area contributed by atoms with Gasteiger partial charge in [0.25, 0.3) is 0 Å². The maximum absolute atomic E-state index is 9.38. The number of hydrogen-bond donors (Lipinski definition) is 1. The molecule has 1 heterocycles. The molecule has 3 atom stereocenters. The molecule has 19 heavy (non-hydrogen) atoms. The van der Waals surface area contributed by atoms with Crippen LogP contribution in [0.1, 0.15) is 47.0 Å². The summed E-state index contributed by atoms with van der Waals surface area (Å²) in [6, 6.07) is 2.47. The second kappa shape index (κ2) is 7.84. The van der Waals surface area contributed by atoms with Gasteiger partial charge in [0.05, 0.1) is 18.3 Å². The Balaban J connectivity index is 2.38. The van der Waals surface area contributed by atoms with Crippen LogP contribution in [0.25, 0.3) is 0 Å². The topological polar surface area (TPSA) is 48.3 Å². The van der Waals surface area contributed by atoms with Crippen molar-refractivity contribution in [2.45, 2.75) is 64.7 Å². The third-order valence-corrected chi connectivity index (χ3v) is 3.91. The average Bonchev–Trinajstić information content (AvgIpc) is 2.36. The molecule has 4 heteroatoms. The number of morpholine rings is 1. The highest BCUT2D eigenvalue weighted by Gasteiger charge is 2.27. The predicted octanol–water partition coefficient (Wildman–Crippen LogP) is 2.16. The predicted molar refractivity (Wildman–Crippen MR) is 78.0 cm³/mol. The molecule has 0 aromatic rings. The first kappa shape index (κ1) is 16.4. The van der Waals surface area contributed by atoms with Gasteiger partial charge in [-0.15, -0.1) is 0 Å². The number of nitriles is 1. The van der Waals surface area contributed by atoms with Gasteiger partial charge in [-0.1, -0.05) is 13.8 Å². The Kier molecular flexibility index (Phi) is 6.78. The Morgan fingerprint density at radius 3 is 2.42 bits per heavy atom. The Morgan fingerprint density at radius 2 is 1.95 bits per heavy atom. The van der Waals surface area contributed by atoms with Gasteiger partial charge in [0, 0.05) is 13.1 Å². The lowest BCUT2D eigenvalue weighted by molar-refractivity contribution is -0.0683. The van der Waals surface area contributed by atoms with E-state index in [1.54, 1.807) is 0 Å². The molecule has 0 amide bonds. The van der Waals surface area contributed by atoms with E-state index in [-0.39, 0.29) is 5.54 Å². The zero-order valence-electron chi connectivity index (χ0n) is 12.9. The highest BCUT2D eigenvalue weighted by molar-refractivity contribution is 5.06. The van der Waals surface area contributed by atoms with Gasteiger partial charge >= 0.3 is 0 Å². The molecule has 4 nitrogen and oxygen atoms in total. The third-order valence-electron chi connectivity index (χ3n) is 3.91. The molecule has 1 saturated heterocycles. The highest BCUT2D eigenvalue weighted by Crippen LogP contribution is 2.18. The van der Waals surface area contributed by atoms with Gasteiger partial charge in [-0.05, 0) is 46.2 Å². The van der Waals surface area contributed by atoms with Crippen LogP contribution in [-0.2, 0) is 4.74 Å². The quantitative estimate of drug-likeness (QED) is 0.768. The summed E-state index contributed by atoms with van der Waals surface area (Å²) in [7, 11) is 0. The van der Waals surface area contributed by atoms with Gasteiger partial charge in [-0.2, -0.15) is 5.26 Å². The minimum Gasteiger partial charge on any atom is -0.373 e. The molecule has 0 bridgehead atoms. The molecule has 1 rings (SSSR count). The van der Waals surface area contributed by atoms with E-state index in [2.05, 4.69) is 44.0 Å². The summed E-state index contributed by atoms with van der Waals surface area (Å²) in [5.41, 5.74) is -0.335. The van der Waals surface area contributed by atoms with Crippen molar-refractivity contribution in [2.24, 2.45) is 0 Å². The lowest BCUT2D eigenvalue weighted by Gasteiger charge is -2.36. The van der Waals surface area contributed by atoms with Crippen LogP contribution in [0.5, 0.6) is 0 Å². The normalized spacial score (nSPS) is 27.7. The van der Waals surface area contributed by atoms with E-state index in [1.807, 2.05) is 0 Å². The number of nitrogens with zero attached hydrogens (tertiary/aromatic N) is 2. The summed E-state index contributed by atoms with van der Waals surface area (Å²) in [5.74, 6) is 0. The Bertz CT molecular complexity index is 292. The zero-order valence-corrected chi connectivity index (χ0v) is 12.9. The van der Waals surface area contributed by atoms with Crippen LogP contribution in [0.4, 0.5) is 0 Å². The molecule has 0 aliphatic carbocycles. The van der Waals surface area contributed by atoms with Crippen LogP contribution in [0.15, 0.2) is 0 Å². The molecule has 1 aliphatic heterocycles. The Labute approximate surface area is 118 Å². The summed E-state index contributed by atoms with van der Waals surface area (Å²) >= 11 is 0. The first-order valence-corrected chi connectivity index (χ1v) is 7.59. The standard InChI is InChI=1S/C15H29N3O/c1-5-15(12-16,17-6-2)8-7-9-18-10-13(3)19-14(4)11-18/h13-14,17H,5-11H2,1-4H3/t13-,14+,15?. The van der Waals surface area contributed by atoms with Crippen LogP contribution in [-0.4, -0.2) is 48.8 Å². The van der Waals surface area contributed by atoms with E-state index >= 15 is 0 Å². The molecule has 0 saturated carbocycles. The van der Waals surface area contributed by atoms with E-state index in [9.17, 15) is 5.26 Å². The molecular weight excluding hydrogens is 238 g/mol. The van der Waals surface area contributed by atoms with Crippen molar-refractivity contribution in [1.82, 2.24) is 10.2 Å². The number of hydrogen-bond acceptors (Lipinski definition) is 4. The van der Waals surface area contributed by atoms with E-state index in [4.69, 9.17) is 4.74 Å². The third kappa shape index (κ3) is 5.10. The smallest absolute Gasteiger partial charge is 0.106 e. The summed E-state index contributed by atoms with van der Waals surface area (Å²) < 4.78 is 5.74. The Hall–Kier alpha value is -0.630. The van der Waals surface area contributed by atoms with Gasteiger partial charge < -0.3 is 4.74 Å². The number of rotatable bonds is 7. The number of nitrogens with one attached hydrogen (secondary N) is 1. The summed E-state index contributed by atoms with van der Waals surface area (Å²) in [5, 5.41) is 12.7. The zero-order chi connectivity index (χ0) is 14.3. The van der Waals surface area contributed by atoms with E-state index < -0.39 is 0 Å². The van der Waals surface area contributed by atoms with Crippen LogP contribution in [0.2, 0.25) is 0 Å². The number of ether oxygens (including phenoxy) is 1. The lowest BCUT2D eigenvalue weighted by atomic mass is 9.92. The molecule has 1 aliphatic rings. The fourth-order valence-corrected chi connectivity index (χ4v) is 2.97. The van der Waals surface area contributed by atoms with Crippen molar-refractivity contribution in [2.75, 3.05) is 26.2 Å². The van der Waals surface area contributed by atoms with Crippen molar-refractivity contribution in [3.05, 3.63) is 0 Å². The maximum atomic E-state index is 9.38. The van der Waals surface area contributed by atoms with Crippen molar-refractivity contribution in [1.29, 1.82) is 5.26 Å². The molecular formula is C15H29N3O.